The molecule has 3 aromatic rings. The van der Waals surface area contributed by atoms with Gasteiger partial charge in [0.25, 0.3) is 5.78 Å². The summed E-state index contributed by atoms with van der Waals surface area (Å²) < 4.78 is 11.4. The quantitative estimate of drug-likeness (QED) is 0.357. The number of amides is 1. The Morgan fingerprint density at radius 2 is 2.13 bits per heavy atom. The largest absolute Gasteiger partial charge is 0.507 e. The SMILES string of the molecule is CCCOc1cccc(C(O)=C2C(=O)C(=O)N(c3nccs3)C2c2ccc(C)o2)c1. The molecule has 0 saturated carbocycles. The van der Waals surface area contributed by atoms with E-state index < -0.39 is 17.7 Å². The van der Waals surface area contributed by atoms with Crippen LogP contribution in [-0.4, -0.2) is 28.4 Å². The van der Waals surface area contributed by atoms with Crippen LogP contribution in [0.15, 0.2) is 58.0 Å². The van der Waals surface area contributed by atoms with Gasteiger partial charge in [0.15, 0.2) is 5.13 Å². The number of thiazole rings is 1. The van der Waals surface area contributed by atoms with Crippen LogP contribution in [0, 0.1) is 6.92 Å². The number of benzene rings is 1. The van der Waals surface area contributed by atoms with E-state index in [2.05, 4.69) is 4.98 Å². The Labute approximate surface area is 177 Å². The van der Waals surface area contributed by atoms with Gasteiger partial charge in [-0.05, 0) is 37.6 Å². The first-order valence-corrected chi connectivity index (χ1v) is 10.4. The number of aromatic nitrogens is 1. The topological polar surface area (TPSA) is 92.9 Å². The summed E-state index contributed by atoms with van der Waals surface area (Å²) in [5.41, 5.74) is 0.339. The third kappa shape index (κ3) is 3.50. The lowest BCUT2D eigenvalue weighted by atomic mass is 9.99. The lowest BCUT2D eigenvalue weighted by Gasteiger charge is -2.20. The van der Waals surface area contributed by atoms with Crippen LogP contribution in [0.4, 0.5) is 5.13 Å². The van der Waals surface area contributed by atoms with Crippen LogP contribution >= 0.6 is 11.3 Å². The van der Waals surface area contributed by atoms with E-state index >= 15 is 0 Å². The summed E-state index contributed by atoms with van der Waals surface area (Å²) in [4.78, 5) is 31.3. The summed E-state index contributed by atoms with van der Waals surface area (Å²) in [5.74, 6) is -0.258. The molecule has 30 heavy (non-hydrogen) atoms. The second-order valence-electron chi connectivity index (χ2n) is 6.81. The molecule has 0 spiro atoms. The number of aliphatic hydroxyl groups excluding tert-OH is 1. The predicted octanol–water partition coefficient (Wildman–Crippen LogP) is 4.46. The summed E-state index contributed by atoms with van der Waals surface area (Å²) in [6.07, 6.45) is 2.39. The number of carbonyl (C=O) groups is 2. The summed E-state index contributed by atoms with van der Waals surface area (Å²) in [7, 11) is 0. The van der Waals surface area contributed by atoms with Crippen molar-refractivity contribution < 1.29 is 23.8 Å². The molecule has 7 nitrogen and oxygen atoms in total. The molecule has 0 bridgehead atoms. The molecule has 1 unspecified atom stereocenters. The van der Waals surface area contributed by atoms with Crippen molar-refractivity contribution in [1.82, 2.24) is 4.98 Å². The third-order valence-electron chi connectivity index (χ3n) is 4.68. The molecule has 1 amide bonds. The van der Waals surface area contributed by atoms with Crippen molar-refractivity contribution in [3.63, 3.8) is 0 Å². The van der Waals surface area contributed by atoms with E-state index in [4.69, 9.17) is 9.15 Å². The van der Waals surface area contributed by atoms with Gasteiger partial charge < -0.3 is 14.3 Å². The van der Waals surface area contributed by atoms with Gasteiger partial charge in [-0.15, -0.1) is 11.3 Å². The Bertz CT molecular complexity index is 1120. The lowest BCUT2D eigenvalue weighted by molar-refractivity contribution is -0.132. The number of nitrogens with zero attached hydrogens (tertiary/aromatic N) is 2. The maximum atomic E-state index is 13.0. The Kier molecular flexibility index (Phi) is 5.41. The third-order valence-corrected chi connectivity index (χ3v) is 5.45. The number of aliphatic hydroxyl groups is 1. The van der Waals surface area contributed by atoms with E-state index in [1.54, 1.807) is 54.9 Å². The maximum absolute atomic E-state index is 13.0. The molecule has 1 fully saturated rings. The lowest BCUT2D eigenvalue weighted by Crippen LogP contribution is -2.29. The Balaban J connectivity index is 1.85. The number of ether oxygens (including phenoxy) is 1. The minimum atomic E-state index is -0.912. The molecule has 0 radical (unpaired) electrons. The van der Waals surface area contributed by atoms with Gasteiger partial charge >= 0.3 is 5.91 Å². The number of hydrogen-bond donors (Lipinski definition) is 1. The van der Waals surface area contributed by atoms with Crippen molar-refractivity contribution in [1.29, 1.82) is 0 Å². The van der Waals surface area contributed by atoms with Crippen LogP contribution in [0.1, 0.15) is 36.5 Å². The molecule has 2 aromatic heterocycles. The molecule has 1 aliphatic heterocycles. The number of furan rings is 1. The average molecular weight is 424 g/mol. The van der Waals surface area contributed by atoms with E-state index in [0.717, 1.165) is 6.42 Å². The predicted molar refractivity (Wildman–Crippen MR) is 113 cm³/mol. The van der Waals surface area contributed by atoms with Gasteiger partial charge in [-0.2, -0.15) is 0 Å². The molecule has 1 saturated heterocycles. The zero-order chi connectivity index (χ0) is 21.3. The zero-order valence-corrected chi connectivity index (χ0v) is 17.3. The Hall–Kier alpha value is -3.39. The highest BCUT2D eigenvalue weighted by atomic mass is 32.1. The van der Waals surface area contributed by atoms with E-state index in [1.807, 2.05) is 6.92 Å². The summed E-state index contributed by atoms with van der Waals surface area (Å²) in [6.45, 7) is 4.30. The van der Waals surface area contributed by atoms with Gasteiger partial charge in [-0.3, -0.25) is 14.5 Å². The molecular formula is C22H20N2O5S. The highest BCUT2D eigenvalue weighted by Crippen LogP contribution is 2.43. The fraction of sp³-hybridized carbons (Fsp3) is 0.227. The second-order valence-corrected chi connectivity index (χ2v) is 7.68. The number of carbonyl (C=O) groups excluding carboxylic acids is 2. The number of hydrogen-bond acceptors (Lipinski definition) is 7. The van der Waals surface area contributed by atoms with Gasteiger partial charge in [-0.1, -0.05) is 19.1 Å². The monoisotopic (exact) mass is 424 g/mol. The molecule has 1 aliphatic rings. The number of anilines is 1. The minimum Gasteiger partial charge on any atom is -0.507 e. The number of rotatable bonds is 6. The smallest absolute Gasteiger partial charge is 0.302 e. The number of ketones is 1. The second kappa shape index (κ2) is 8.16. The maximum Gasteiger partial charge on any atom is 0.302 e. The molecule has 3 heterocycles. The minimum absolute atomic E-state index is 0.0443. The van der Waals surface area contributed by atoms with E-state index in [-0.39, 0.29) is 11.3 Å². The van der Waals surface area contributed by atoms with Crippen LogP contribution in [0.5, 0.6) is 5.75 Å². The van der Waals surface area contributed by atoms with Gasteiger partial charge in [0, 0.05) is 17.1 Å². The highest BCUT2D eigenvalue weighted by molar-refractivity contribution is 7.14. The molecule has 0 aliphatic carbocycles. The fourth-order valence-corrected chi connectivity index (χ4v) is 4.01. The molecule has 1 aromatic carbocycles. The summed E-state index contributed by atoms with van der Waals surface area (Å²) in [5, 5.41) is 13.2. The van der Waals surface area contributed by atoms with Crippen LogP contribution in [0.2, 0.25) is 0 Å². The van der Waals surface area contributed by atoms with Crippen molar-refractivity contribution in [2.24, 2.45) is 0 Å². The number of aryl methyl sites for hydroxylation is 1. The van der Waals surface area contributed by atoms with Gasteiger partial charge in [0.05, 0.1) is 12.2 Å². The van der Waals surface area contributed by atoms with Crippen LogP contribution in [0.3, 0.4) is 0 Å². The molecule has 1 N–H and O–H groups in total. The van der Waals surface area contributed by atoms with Crippen molar-refractivity contribution in [2.45, 2.75) is 26.3 Å². The average Bonchev–Trinajstić information content (AvgIpc) is 3.47. The van der Waals surface area contributed by atoms with E-state index in [0.29, 0.717) is 34.6 Å². The molecule has 1 atom stereocenters. The standard InChI is InChI=1S/C22H20N2O5S/c1-3-10-28-15-6-4-5-14(12-15)19(25)17-18(16-8-7-13(2)29-16)24(21(27)20(17)26)22-23-9-11-30-22/h4-9,11-12,18,25H,3,10H2,1-2H3. The molecule has 154 valence electrons. The zero-order valence-electron chi connectivity index (χ0n) is 16.5. The van der Waals surface area contributed by atoms with Crippen molar-refractivity contribution in [3.8, 4) is 5.75 Å². The van der Waals surface area contributed by atoms with Crippen molar-refractivity contribution in [2.75, 3.05) is 11.5 Å². The van der Waals surface area contributed by atoms with Crippen LogP contribution < -0.4 is 9.64 Å². The van der Waals surface area contributed by atoms with Gasteiger partial charge in [0.2, 0.25) is 0 Å². The van der Waals surface area contributed by atoms with Gasteiger partial charge in [0.1, 0.15) is 29.1 Å². The highest BCUT2D eigenvalue weighted by Gasteiger charge is 2.49. The van der Waals surface area contributed by atoms with Crippen molar-refractivity contribution in [3.05, 3.63) is 70.6 Å². The van der Waals surface area contributed by atoms with E-state index in [1.165, 1.54) is 16.2 Å². The molecule has 8 heteroatoms. The summed E-state index contributed by atoms with van der Waals surface area (Å²) >= 11 is 1.23. The summed E-state index contributed by atoms with van der Waals surface area (Å²) in [6, 6.07) is 9.33. The first kappa shape index (κ1) is 19.9. The van der Waals surface area contributed by atoms with Crippen molar-refractivity contribution >= 4 is 33.9 Å². The molecular weight excluding hydrogens is 404 g/mol. The first-order chi connectivity index (χ1) is 14.5. The fourth-order valence-electron chi connectivity index (χ4n) is 3.34. The van der Waals surface area contributed by atoms with Gasteiger partial charge in [-0.25, -0.2) is 4.98 Å². The number of Topliss-reactive ketones (excluding diaryl/α,β-unsaturated/α-hetero) is 1. The molecule has 4 rings (SSSR count). The van der Waals surface area contributed by atoms with Crippen LogP contribution in [0.25, 0.3) is 5.76 Å². The van der Waals surface area contributed by atoms with E-state index in [9.17, 15) is 14.7 Å². The first-order valence-electron chi connectivity index (χ1n) is 9.51. The Morgan fingerprint density at radius 1 is 1.30 bits per heavy atom. The normalized spacial score (nSPS) is 18.2. The Morgan fingerprint density at radius 3 is 2.80 bits per heavy atom. The van der Waals surface area contributed by atoms with Crippen LogP contribution in [-0.2, 0) is 9.59 Å².